The summed E-state index contributed by atoms with van der Waals surface area (Å²) in [7, 11) is 0. The van der Waals surface area contributed by atoms with Gasteiger partial charge in [-0.15, -0.1) is 0 Å². The van der Waals surface area contributed by atoms with Gasteiger partial charge in [-0.05, 0) is 0 Å². The minimum absolute atomic E-state index is 0.344. The summed E-state index contributed by atoms with van der Waals surface area (Å²) in [5, 5.41) is 0. The van der Waals surface area contributed by atoms with Gasteiger partial charge in [0.2, 0.25) is 0 Å². The Hall–Kier alpha value is 0.278. The topological polar surface area (TPSA) is 78.9 Å². The monoisotopic (exact) mass is 646 g/mol. The van der Waals surface area contributed by atoms with Crippen LogP contribution in [-0.2, 0) is 23.4 Å². The quantitative estimate of drug-likeness (QED) is 0.105. The van der Waals surface area contributed by atoms with Gasteiger partial charge in [-0.2, -0.15) is 0 Å². The molecule has 34 heavy (non-hydrogen) atoms. The van der Waals surface area contributed by atoms with Crippen LogP contribution >= 0.6 is 37.9 Å². The summed E-state index contributed by atoms with van der Waals surface area (Å²) < 4.78 is 17.0. The summed E-state index contributed by atoms with van der Waals surface area (Å²) in [5.74, 6) is -0.762. The van der Waals surface area contributed by atoms with E-state index in [-0.39, 0.29) is 17.8 Å². The van der Waals surface area contributed by atoms with Gasteiger partial charge in [0.15, 0.2) is 0 Å². The average molecular weight is 648 g/mol. The molecule has 0 aliphatic rings. The first-order chi connectivity index (χ1) is 16.4. The Bertz CT molecular complexity index is 491. The van der Waals surface area contributed by atoms with Crippen molar-refractivity contribution >= 4 is 77.3 Å². The summed E-state index contributed by atoms with van der Waals surface area (Å²) in [6.45, 7) is 6.17. The first kappa shape index (κ1) is 34.3. The van der Waals surface area contributed by atoms with Gasteiger partial charge in [-0.1, -0.05) is 0 Å². The molecule has 0 aliphatic carbocycles. The van der Waals surface area contributed by atoms with Gasteiger partial charge < -0.3 is 0 Å². The molecule has 0 aromatic heterocycles. The molecule has 0 aliphatic heterocycles. The zero-order valence-corrected chi connectivity index (χ0v) is 26.3. The molecular weight excluding hydrogens is 602 g/mol. The summed E-state index contributed by atoms with van der Waals surface area (Å²) in [6.07, 6.45) is 9.21. The Morgan fingerprint density at radius 3 is 1.03 bits per heavy atom. The van der Waals surface area contributed by atoms with Crippen LogP contribution in [0.4, 0.5) is 0 Å². The molecule has 0 N–H and O–H groups in total. The van der Waals surface area contributed by atoms with Gasteiger partial charge in [0.05, 0.1) is 0 Å². The van der Waals surface area contributed by atoms with Gasteiger partial charge in [-0.3, -0.25) is 0 Å². The normalized spacial score (nSPS) is 13.9. The fraction of sp³-hybridized carbons (Fsp3) is 0.875. The van der Waals surface area contributed by atoms with Crippen molar-refractivity contribution in [1.29, 1.82) is 0 Å². The number of carbonyl (C=O) groups is 3. The third-order valence-corrected chi connectivity index (χ3v) is 9.24. The van der Waals surface area contributed by atoms with E-state index in [1.165, 1.54) is 0 Å². The number of thiol groups is 3. The summed E-state index contributed by atoms with van der Waals surface area (Å²) >= 11 is 8.88. The van der Waals surface area contributed by atoms with Crippen LogP contribution in [-0.4, -0.2) is 56.6 Å². The summed E-state index contributed by atoms with van der Waals surface area (Å²) in [6, 6.07) is 0. The summed E-state index contributed by atoms with van der Waals surface area (Å²) in [4.78, 5) is 38.8. The van der Waals surface area contributed by atoms with E-state index in [9.17, 15) is 14.4 Å². The number of unbranched alkanes of at least 4 members (excludes halogenated alkanes) is 3. The fourth-order valence-electron chi connectivity index (χ4n) is 3.46. The molecule has 0 heterocycles. The van der Waals surface area contributed by atoms with Crippen molar-refractivity contribution < 1.29 is 23.4 Å². The second-order valence-electron chi connectivity index (χ2n) is 8.51. The number of rotatable bonds is 21. The van der Waals surface area contributed by atoms with Crippen LogP contribution < -0.4 is 0 Å². The van der Waals surface area contributed by atoms with Gasteiger partial charge in [-0.25, -0.2) is 0 Å². The van der Waals surface area contributed by atoms with Crippen LogP contribution in [0.15, 0.2) is 0 Å². The first-order valence-electron chi connectivity index (χ1n) is 12.7. The van der Waals surface area contributed by atoms with Crippen molar-refractivity contribution in [2.45, 2.75) is 97.8 Å². The second-order valence-corrected chi connectivity index (χ2v) is 12.7. The fourth-order valence-corrected chi connectivity index (χ4v) is 7.25. The van der Waals surface area contributed by atoms with Crippen molar-refractivity contribution in [2.75, 3.05) is 17.3 Å². The molecule has 0 saturated carbocycles. The van der Waals surface area contributed by atoms with Crippen molar-refractivity contribution in [3.05, 3.63) is 0 Å². The number of hydrogen-bond donors (Lipinski definition) is 3. The van der Waals surface area contributed by atoms with E-state index in [0.717, 1.165) is 38.5 Å². The van der Waals surface area contributed by atoms with Crippen LogP contribution in [0.25, 0.3) is 0 Å². The van der Waals surface area contributed by atoms with Gasteiger partial charge in [0.25, 0.3) is 0 Å². The maximum atomic E-state index is 12.9. The van der Waals surface area contributed by atoms with Crippen LogP contribution in [0.1, 0.15) is 97.8 Å². The molecule has 0 aromatic rings. The average Bonchev–Trinajstić information content (AvgIpc) is 2.81. The molecule has 0 bridgehead atoms. The molecule has 0 fully saturated rings. The Morgan fingerprint density at radius 1 is 0.559 bits per heavy atom. The number of carbonyl (C=O) groups excluding carboxylic acids is 3. The maximum absolute atomic E-state index is 12.9. The Balaban J connectivity index is 5.55. The molecule has 200 valence electrons. The first-order valence-corrected chi connectivity index (χ1v) is 17.7. The zero-order valence-electron chi connectivity index (χ0n) is 21.1. The predicted molar refractivity (Wildman–Crippen MR) is 148 cm³/mol. The molecule has 0 saturated heterocycles. The molecule has 0 rings (SSSR count). The van der Waals surface area contributed by atoms with E-state index in [0.29, 0.717) is 55.8 Å². The van der Waals surface area contributed by atoms with E-state index >= 15 is 0 Å². The molecule has 3 unspecified atom stereocenters. The van der Waals surface area contributed by atoms with Crippen LogP contribution in [0.5, 0.6) is 0 Å². The summed E-state index contributed by atoms with van der Waals surface area (Å²) in [5.41, 5.74) is 0. The standard InChI is InChI=1S/3C8H16O2S.Sb/c3*1-2-3-4-7(5-6-11)8(9)10;/h3*7,11H,2-6H2,1H3,(H,9,10);/q;;;+3/p-3. The predicted octanol–water partition coefficient (Wildman–Crippen LogP) is 5.98. The molecular formula is C24H45O6S3Sb. The number of hydrogen-bond acceptors (Lipinski definition) is 9. The molecule has 0 spiro atoms. The third-order valence-electron chi connectivity index (χ3n) is 5.64. The second kappa shape index (κ2) is 22.5. The minimum atomic E-state index is -3.92. The van der Waals surface area contributed by atoms with Crippen LogP contribution in [0, 0.1) is 17.8 Å². The van der Waals surface area contributed by atoms with E-state index < -0.39 is 39.4 Å². The van der Waals surface area contributed by atoms with Crippen molar-refractivity contribution in [1.82, 2.24) is 0 Å². The van der Waals surface area contributed by atoms with Crippen LogP contribution in [0.2, 0.25) is 0 Å². The van der Waals surface area contributed by atoms with Crippen LogP contribution in [0.3, 0.4) is 0 Å². The van der Waals surface area contributed by atoms with E-state index in [4.69, 9.17) is 9.05 Å². The molecule has 6 nitrogen and oxygen atoms in total. The SMILES string of the molecule is CCCCC(CCS)C(=O)[O][Sb]([O]C(=O)C(CCS)CCCC)[O]C(=O)C(CCS)CCCC. The molecule has 0 aromatic carbocycles. The molecule has 3 atom stereocenters. The molecule has 0 amide bonds. The van der Waals surface area contributed by atoms with Crippen molar-refractivity contribution in [3.63, 3.8) is 0 Å². The van der Waals surface area contributed by atoms with Crippen molar-refractivity contribution in [2.24, 2.45) is 17.8 Å². The van der Waals surface area contributed by atoms with Gasteiger partial charge in [0.1, 0.15) is 0 Å². The Labute approximate surface area is 232 Å². The zero-order chi connectivity index (χ0) is 25.8. The van der Waals surface area contributed by atoms with E-state index in [2.05, 4.69) is 58.7 Å². The van der Waals surface area contributed by atoms with Gasteiger partial charge >= 0.3 is 234 Å². The van der Waals surface area contributed by atoms with E-state index in [1.54, 1.807) is 0 Å². The third kappa shape index (κ3) is 15.4. The van der Waals surface area contributed by atoms with Crippen molar-refractivity contribution in [3.8, 4) is 0 Å². The Morgan fingerprint density at radius 2 is 0.824 bits per heavy atom. The Kier molecular flexibility index (Phi) is 22.7. The molecule has 0 radical (unpaired) electrons. The van der Waals surface area contributed by atoms with Gasteiger partial charge in [0, 0.05) is 0 Å². The van der Waals surface area contributed by atoms with E-state index in [1.807, 2.05) is 0 Å². The molecule has 10 heteroatoms.